The summed E-state index contributed by atoms with van der Waals surface area (Å²) < 4.78 is 10.4. The molecule has 0 saturated carbocycles. The summed E-state index contributed by atoms with van der Waals surface area (Å²) in [5, 5.41) is 0.584. The Morgan fingerprint density at radius 2 is 1.54 bits per heavy atom. The first-order valence-corrected chi connectivity index (χ1v) is 11.0. The van der Waals surface area contributed by atoms with Crippen molar-refractivity contribution in [2.24, 2.45) is 0 Å². The van der Waals surface area contributed by atoms with Gasteiger partial charge in [0, 0.05) is 5.02 Å². The van der Waals surface area contributed by atoms with E-state index >= 15 is 0 Å². The molecule has 1 unspecified atom stereocenters. The number of unbranched alkanes of at least 4 members (excludes halogenated alkanes) is 9. The Morgan fingerprint density at radius 3 is 2.11 bits per heavy atom. The lowest BCUT2D eigenvalue weighted by atomic mass is 10.1. The van der Waals surface area contributed by atoms with E-state index in [1.165, 1.54) is 58.3 Å². The SMILES string of the molecule is CCCCCCCCCCCCOC(=O)C(C)OC(=O)c1ccc(Cl)c(C)c1. The molecule has 1 atom stereocenters. The second-order valence-corrected chi connectivity index (χ2v) is 7.77. The van der Waals surface area contributed by atoms with E-state index in [1.54, 1.807) is 18.2 Å². The molecule has 0 spiro atoms. The first-order chi connectivity index (χ1) is 13.5. The maximum absolute atomic E-state index is 12.1. The van der Waals surface area contributed by atoms with Gasteiger partial charge in [-0.3, -0.25) is 0 Å². The lowest BCUT2D eigenvalue weighted by Crippen LogP contribution is -2.26. The van der Waals surface area contributed by atoms with Crippen LogP contribution >= 0.6 is 11.6 Å². The minimum absolute atomic E-state index is 0.372. The largest absolute Gasteiger partial charge is 0.463 e. The van der Waals surface area contributed by atoms with Crippen molar-refractivity contribution in [3.8, 4) is 0 Å². The van der Waals surface area contributed by atoms with Crippen LogP contribution in [0.4, 0.5) is 0 Å². The molecular weight excluding hydrogens is 376 g/mol. The van der Waals surface area contributed by atoms with Crippen molar-refractivity contribution in [2.75, 3.05) is 6.61 Å². The first kappa shape index (κ1) is 24.5. The zero-order valence-electron chi connectivity index (χ0n) is 17.6. The zero-order chi connectivity index (χ0) is 20.8. The average molecular weight is 411 g/mol. The molecule has 0 saturated heterocycles. The summed E-state index contributed by atoms with van der Waals surface area (Å²) in [6.45, 7) is 5.94. The molecule has 0 bridgehead atoms. The molecule has 0 N–H and O–H groups in total. The van der Waals surface area contributed by atoms with Gasteiger partial charge >= 0.3 is 11.9 Å². The predicted octanol–water partition coefficient (Wildman–Crippen LogP) is 6.66. The van der Waals surface area contributed by atoms with Crippen molar-refractivity contribution in [3.05, 3.63) is 34.3 Å². The van der Waals surface area contributed by atoms with Gasteiger partial charge in [-0.1, -0.05) is 76.3 Å². The Balaban J connectivity index is 2.11. The number of ether oxygens (including phenoxy) is 2. The quantitative estimate of drug-likeness (QED) is 0.254. The van der Waals surface area contributed by atoms with E-state index in [9.17, 15) is 9.59 Å². The number of rotatable bonds is 14. The smallest absolute Gasteiger partial charge is 0.347 e. The van der Waals surface area contributed by atoms with Crippen molar-refractivity contribution in [1.29, 1.82) is 0 Å². The molecule has 0 amide bonds. The molecule has 1 aromatic rings. The number of carbonyl (C=O) groups excluding carboxylic acids is 2. The highest BCUT2D eigenvalue weighted by Crippen LogP contribution is 2.17. The normalized spacial score (nSPS) is 11.9. The fourth-order valence-corrected chi connectivity index (χ4v) is 3.05. The van der Waals surface area contributed by atoms with Gasteiger partial charge in [-0.25, -0.2) is 9.59 Å². The van der Waals surface area contributed by atoms with E-state index in [0.717, 1.165) is 18.4 Å². The van der Waals surface area contributed by atoms with Crippen molar-refractivity contribution in [2.45, 2.75) is 91.1 Å². The average Bonchev–Trinajstić information content (AvgIpc) is 2.67. The predicted molar refractivity (Wildman–Crippen MR) is 114 cm³/mol. The van der Waals surface area contributed by atoms with Gasteiger partial charge in [0.25, 0.3) is 0 Å². The number of aryl methyl sites for hydroxylation is 1. The molecule has 0 aliphatic carbocycles. The summed E-state index contributed by atoms with van der Waals surface area (Å²) in [4.78, 5) is 24.1. The highest BCUT2D eigenvalue weighted by Gasteiger charge is 2.20. The van der Waals surface area contributed by atoms with Gasteiger partial charge in [0.05, 0.1) is 12.2 Å². The minimum Gasteiger partial charge on any atom is -0.463 e. The number of carbonyl (C=O) groups is 2. The Morgan fingerprint density at radius 1 is 0.964 bits per heavy atom. The monoisotopic (exact) mass is 410 g/mol. The second kappa shape index (κ2) is 14.4. The highest BCUT2D eigenvalue weighted by atomic mass is 35.5. The van der Waals surface area contributed by atoms with Gasteiger partial charge in [-0.15, -0.1) is 0 Å². The molecule has 0 heterocycles. The third-order valence-corrected chi connectivity index (χ3v) is 5.18. The molecule has 0 radical (unpaired) electrons. The van der Waals surface area contributed by atoms with E-state index < -0.39 is 18.0 Å². The van der Waals surface area contributed by atoms with E-state index in [0.29, 0.717) is 17.2 Å². The van der Waals surface area contributed by atoms with Crippen LogP contribution in [0.1, 0.15) is 94.0 Å². The minimum atomic E-state index is -0.924. The maximum Gasteiger partial charge on any atom is 0.347 e. The zero-order valence-corrected chi connectivity index (χ0v) is 18.4. The Hall–Kier alpha value is -1.55. The van der Waals surface area contributed by atoms with Crippen LogP contribution in [-0.2, 0) is 14.3 Å². The highest BCUT2D eigenvalue weighted by molar-refractivity contribution is 6.31. The van der Waals surface area contributed by atoms with Crippen molar-refractivity contribution in [3.63, 3.8) is 0 Å². The van der Waals surface area contributed by atoms with Crippen molar-refractivity contribution in [1.82, 2.24) is 0 Å². The van der Waals surface area contributed by atoms with Gasteiger partial charge in [0.15, 0.2) is 6.10 Å². The van der Waals surface area contributed by atoms with Crippen LogP contribution in [0.15, 0.2) is 18.2 Å². The molecule has 28 heavy (non-hydrogen) atoms. The fraction of sp³-hybridized carbons (Fsp3) is 0.652. The molecule has 5 heteroatoms. The Kier molecular flexibility index (Phi) is 12.6. The molecule has 0 aliphatic rings. The van der Waals surface area contributed by atoms with E-state index in [1.807, 2.05) is 6.92 Å². The maximum atomic E-state index is 12.1. The summed E-state index contributed by atoms with van der Waals surface area (Å²) in [5.41, 5.74) is 1.16. The number of esters is 2. The van der Waals surface area contributed by atoms with Crippen molar-refractivity contribution >= 4 is 23.5 Å². The summed E-state index contributed by atoms with van der Waals surface area (Å²) >= 11 is 5.95. The van der Waals surface area contributed by atoms with Crippen LogP contribution in [0.5, 0.6) is 0 Å². The van der Waals surface area contributed by atoms with Crippen LogP contribution in [0.25, 0.3) is 0 Å². The van der Waals surface area contributed by atoms with Crippen LogP contribution in [0.3, 0.4) is 0 Å². The molecule has 1 aromatic carbocycles. The molecule has 158 valence electrons. The first-order valence-electron chi connectivity index (χ1n) is 10.6. The lowest BCUT2D eigenvalue weighted by molar-refractivity contribution is -0.153. The van der Waals surface area contributed by atoms with Gasteiger partial charge in [-0.2, -0.15) is 0 Å². The third kappa shape index (κ3) is 10.1. The number of hydrogen-bond acceptors (Lipinski definition) is 4. The Labute approximate surface area is 174 Å². The third-order valence-electron chi connectivity index (χ3n) is 4.75. The van der Waals surface area contributed by atoms with Gasteiger partial charge in [0.1, 0.15) is 0 Å². The summed E-state index contributed by atoms with van der Waals surface area (Å²) in [6, 6.07) is 4.87. The van der Waals surface area contributed by atoms with Crippen LogP contribution in [-0.4, -0.2) is 24.6 Å². The molecule has 1 rings (SSSR count). The summed E-state index contributed by atoms with van der Waals surface area (Å²) in [7, 11) is 0. The van der Waals surface area contributed by atoms with Gasteiger partial charge in [0.2, 0.25) is 0 Å². The topological polar surface area (TPSA) is 52.6 Å². The van der Waals surface area contributed by atoms with Crippen molar-refractivity contribution < 1.29 is 19.1 Å². The number of halogens is 1. The molecule has 4 nitrogen and oxygen atoms in total. The second-order valence-electron chi connectivity index (χ2n) is 7.36. The van der Waals surface area contributed by atoms with Crippen LogP contribution < -0.4 is 0 Å². The molecular formula is C23H35ClO4. The van der Waals surface area contributed by atoms with Crippen LogP contribution in [0.2, 0.25) is 5.02 Å². The number of hydrogen-bond donors (Lipinski definition) is 0. The molecule has 0 aliphatic heterocycles. The summed E-state index contributed by atoms with van der Waals surface area (Å²) in [6.07, 6.45) is 11.3. The van der Waals surface area contributed by atoms with Gasteiger partial charge in [-0.05, 0) is 44.0 Å². The standard InChI is InChI=1S/C23H35ClO4/c1-4-5-6-7-8-9-10-11-12-13-16-27-22(25)19(3)28-23(26)20-14-15-21(24)18(2)17-20/h14-15,17,19H,4-13,16H2,1-3H3. The summed E-state index contributed by atoms with van der Waals surface area (Å²) in [5.74, 6) is -1.06. The van der Waals surface area contributed by atoms with E-state index in [-0.39, 0.29) is 0 Å². The van der Waals surface area contributed by atoms with Gasteiger partial charge < -0.3 is 9.47 Å². The lowest BCUT2D eigenvalue weighted by Gasteiger charge is -2.13. The molecule has 0 fully saturated rings. The fourth-order valence-electron chi connectivity index (χ4n) is 2.93. The van der Waals surface area contributed by atoms with Crippen LogP contribution in [0, 0.1) is 6.92 Å². The Bertz CT molecular complexity index is 600. The molecule has 0 aromatic heterocycles. The van der Waals surface area contributed by atoms with E-state index in [2.05, 4.69) is 6.92 Å². The van der Waals surface area contributed by atoms with E-state index in [4.69, 9.17) is 21.1 Å². The number of benzene rings is 1.